The van der Waals surface area contributed by atoms with E-state index in [1.54, 1.807) is 0 Å². The topological polar surface area (TPSA) is 23.8 Å². The third kappa shape index (κ3) is 2.40. The summed E-state index contributed by atoms with van der Waals surface area (Å²) in [5.74, 6) is 0. The average molecular weight is 340 g/mol. The number of benzene rings is 2. The molecule has 21 heavy (non-hydrogen) atoms. The van der Waals surface area contributed by atoms with E-state index in [0.29, 0.717) is 0 Å². The molecule has 2 heteroatoms. The van der Waals surface area contributed by atoms with Crippen molar-refractivity contribution < 1.29 is 0 Å². The van der Waals surface area contributed by atoms with Gasteiger partial charge >= 0.3 is 0 Å². The summed E-state index contributed by atoms with van der Waals surface area (Å²) in [6, 6.07) is 19.6. The molecule has 0 saturated carbocycles. The van der Waals surface area contributed by atoms with E-state index in [-0.39, 0.29) is 0 Å². The molecule has 1 nitrogen and oxygen atoms in total. The molecule has 3 rings (SSSR count). The zero-order chi connectivity index (χ0) is 14.7. The van der Waals surface area contributed by atoms with Crippen molar-refractivity contribution >= 4 is 15.9 Å². The number of aryl methyl sites for hydroxylation is 2. The van der Waals surface area contributed by atoms with Crippen molar-refractivity contribution in [3.8, 4) is 6.07 Å². The van der Waals surface area contributed by atoms with Crippen molar-refractivity contribution in [2.24, 2.45) is 0 Å². The van der Waals surface area contributed by atoms with Crippen LogP contribution in [0.4, 0.5) is 0 Å². The molecule has 0 atom stereocenters. The average Bonchev–Trinajstić information content (AvgIpc) is 2.52. The molecule has 2 aromatic carbocycles. The van der Waals surface area contributed by atoms with E-state index in [1.165, 1.54) is 22.3 Å². The van der Waals surface area contributed by atoms with Crippen molar-refractivity contribution in [2.75, 3.05) is 5.33 Å². The van der Waals surface area contributed by atoms with Gasteiger partial charge in [0.2, 0.25) is 0 Å². The number of nitriles is 1. The molecule has 0 amide bonds. The van der Waals surface area contributed by atoms with Crippen LogP contribution in [0.3, 0.4) is 0 Å². The predicted octanol–water partition coefficient (Wildman–Crippen LogP) is 4.77. The van der Waals surface area contributed by atoms with Gasteiger partial charge in [0.1, 0.15) is 5.41 Å². The minimum absolute atomic E-state index is 0.531. The van der Waals surface area contributed by atoms with Gasteiger partial charge in [0.25, 0.3) is 0 Å². The second kappa shape index (κ2) is 6.03. The number of halogens is 1. The number of rotatable bonds is 2. The zero-order valence-corrected chi connectivity index (χ0v) is 13.6. The van der Waals surface area contributed by atoms with Crippen LogP contribution in [0.1, 0.15) is 35.1 Å². The fourth-order valence-corrected chi connectivity index (χ4v) is 4.11. The monoisotopic (exact) mass is 339 g/mol. The molecule has 1 aliphatic carbocycles. The molecule has 2 aromatic rings. The number of hydrogen-bond acceptors (Lipinski definition) is 1. The summed E-state index contributed by atoms with van der Waals surface area (Å²) in [5.41, 5.74) is 4.51. The fourth-order valence-electron chi connectivity index (χ4n) is 3.51. The second-order valence-electron chi connectivity index (χ2n) is 5.62. The summed E-state index contributed by atoms with van der Waals surface area (Å²) >= 11 is 3.56. The maximum atomic E-state index is 10.1. The van der Waals surface area contributed by atoms with E-state index < -0.39 is 5.41 Å². The molecule has 0 bridgehead atoms. The Morgan fingerprint density at radius 3 is 1.95 bits per heavy atom. The normalized spacial score (nSPS) is 16.0. The van der Waals surface area contributed by atoms with Gasteiger partial charge in [-0.05, 0) is 47.9 Å². The van der Waals surface area contributed by atoms with Gasteiger partial charge in [0.05, 0.1) is 6.07 Å². The van der Waals surface area contributed by atoms with Crippen LogP contribution in [0, 0.1) is 11.3 Å². The standard InChI is InChI=1S/C19H18BrN/c20-13-12-19(14-21)17-10-3-1-6-15(17)8-5-9-16-7-2-4-11-18(16)19/h1-4,6-7,10-11H,5,8-9,12-13H2. The molecule has 0 aliphatic heterocycles. The molecule has 0 unspecified atom stereocenters. The van der Waals surface area contributed by atoms with Crippen LogP contribution >= 0.6 is 15.9 Å². The highest BCUT2D eigenvalue weighted by atomic mass is 79.9. The lowest BCUT2D eigenvalue weighted by Crippen LogP contribution is -2.30. The first kappa shape index (κ1) is 14.4. The van der Waals surface area contributed by atoms with Crippen LogP contribution in [0.25, 0.3) is 0 Å². The maximum absolute atomic E-state index is 10.1. The molecule has 0 N–H and O–H groups in total. The Hall–Kier alpha value is -1.59. The Kier molecular flexibility index (Phi) is 4.12. The molecular weight excluding hydrogens is 322 g/mol. The minimum Gasteiger partial charge on any atom is -0.197 e. The highest BCUT2D eigenvalue weighted by molar-refractivity contribution is 9.09. The molecule has 0 fully saturated rings. The summed E-state index contributed by atoms with van der Waals surface area (Å²) in [7, 11) is 0. The molecule has 0 radical (unpaired) electrons. The third-order valence-corrected chi connectivity index (χ3v) is 4.90. The Morgan fingerprint density at radius 1 is 0.952 bits per heavy atom. The summed E-state index contributed by atoms with van der Waals surface area (Å²) in [5, 5.41) is 10.9. The molecule has 0 heterocycles. The quantitative estimate of drug-likeness (QED) is 0.723. The first-order valence-corrected chi connectivity index (χ1v) is 8.58. The maximum Gasteiger partial charge on any atom is 0.108 e. The number of hydrogen-bond donors (Lipinski definition) is 0. The van der Waals surface area contributed by atoms with Gasteiger partial charge in [-0.3, -0.25) is 0 Å². The van der Waals surface area contributed by atoms with Crippen LogP contribution in [-0.4, -0.2) is 5.33 Å². The van der Waals surface area contributed by atoms with Crippen LogP contribution in [-0.2, 0) is 18.3 Å². The lowest BCUT2D eigenvalue weighted by molar-refractivity contribution is 0.605. The zero-order valence-electron chi connectivity index (χ0n) is 12.0. The smallest absolute Gasteiger partial charge is 0.108 e. The first-order valence-electron chi connectivity index (χ1n) is 7.46. The minimum atomic E-state index is -0.531. The van der Waals surface area contributed by atoms with Crippen molar-refractivity contribution in [3.05, 3.63) is 70.8 Å². The van der Waals surface area contributed by atoms with Gasteiger partial charge in [-0.1, -0.05) is 64.5 Å². The highest BCUT2D eigenvalue weighted by Gasteiger charge is 2.37. The van der Waals surface area contributed by atoms with E-state index in [0.717, 1.165) is 31.0 Å². The van der Waals surface area contributed by atoms with E-state index in [4.69, 9.17) is 0 Å². The van der Waals surface area contributed by atoms with Gasteiger partial charge < -0.3 is 0 Å². The summed E-state index contributed by atoms with van der Waals surface area (Å²) in [4.78, 5) is 0. The van der Waals surface area contributed by atoms with Crippen molar-refractivity contribution in [3.63, 3.8) is 0 Å². The summed E-state index contributed by atoms with van der Waals surface area (Å²) < 4.78 is 0. The Bertz CT molecular complexity index is 636. The lowest BCUT2D eigenvalue weighted by atomic mass is 9.68. The van der Waals surface area contributed by atoms with Crippen molar-refractivity contribution in [2.45, 2.75) is 31.1 Å². The number of alkyl halides is 1. The molecule has 0 saturated heterocycles. The van der Waals surface area contributed by atoms with E-state index in [2.05, 4.69) is 70.5 Å². The van der Waals surface area contributed by atoms with Crippen molar-refractivity contribution in [1.29, 1.82) is 5.26 Å². The summed E-state index contributed by atoms with van der Waals surface area (Å²) in [6.45, 7) is 0. The van der Waals surface area contributed by atoms with Crippen LogP contribution in [0.15, 0.2) is 48.5 Å². The van der Waals surface area contributed by atoms with Gasteiger partial charge in [-0.2, -0.15) is 5.26 Å². The van der Waals surface area contributed by atoms with Gasteiger partial charge in [-0.15, -0.1) is 0 Å². The van der Waals surface area contributed by atoms with E-state index in [1.807, 2.05) is 0 Å². The van der Waals surface area contributed by atoms with Crippen LogP contribution < -0.4 is 0 Å². The predicted molar refractivity (Wildman–Crippen MR) is 89.7 cm³/mol. The van der Waals surface area contributed by atoms with Crippen molar-refractivity contribution in [1.82, 2.24) is 0 Å². The van der Waals surface area contributed by atoms with Crippen LogP contribution in [0.2, 0.25) is 0 Å². The number of fused-ring (bicyclic) bond motifs is 2. The molecular formula is C19H18BrN. The second-order valence-corrected chi connectivity index (χ2v) is 6.42. The van der Waals surface area contributed by atoms with Crippen LogP contribution in [0.5, 0.6) is 0 Å². The number of nitrogens with zero attached hydrogens (tertiary/aromatic N) is 1. The fraction of sp³-hybridized carbons (Fsp3) is 0.316. The molecule has 1 aliphatic rings. The highest BCUT2D eigenvalue weighted by Crippen LogP contribution is 2.41. The first-order chi connectivity index (χ1) is 10.3. The Morgan fingerprint density at radius 2 is 1.48 bits per heavy atom. The van der Waals surface area contributed by atoms with Gasteiger partial charge in [0.15, 0.2) is 0 Å². The van der Waals surface area contributed by atoms with E-state index >= 15 is 0 Å². The van der Waals surface area contributed by atoms with Gasteiger partial charge in [0, 0.05) is 5.33 Å². The third-order valence-electron chi connectivity index (χ3n) is 4.51. The summed E-state index contributed by atoms with van der Waals surface area (Å²) in [6.07, 6.45) is 4.05. The molecule has 0 spiro atoms. The SMILES string of the molecule is N#CC1(CCBr)c2ccccc2CCCc2ccccc21. The largest absolute Gasteiger partial charge is 0.197 e. The Labute approximate surface area is 134 Å². The lowest BCUT2D eigenvalue weighted by Gasteiger charge is -2.33. The molecule has 106 valence electrons. The molecule has 0 aromatic heterocycles. The van der Waals surface area contributed by atoms with E-state index in [9.17, 15) is 5.26 Å². The van der Waals surface area contributed by atoms with Gasteiger partial charge in [-0.25, -0.2) is 0 Å². The Balaban J connectivity index is 2.31.